The van der Waals surface area contributed by atoms with E-state index >= 15 is 0 Å². The van der Waals surface area contributed by atoms with Gasteiger partial charge in [0.1, 0.15) is 11.5 Å². The van der Waals surface area contributed by atoms with Gasteiger partial charge in [-0.05, 0) is 19.8 Å². The van der Waals surface area contributed by atoms with Crippen molar-refractivity contribution in [2.45, 2.75) is 38.6 Å². The van der Waals surface area contributed by atoms with Crippen LogP contribution in [0.4, 0.5) is 4.39 Å². The number of carbonyl (C=O) groups excluding carboxylic acids is 1. The van der Waals surface area contributed by atoms with Gasteiger partial charge in [-0.15, -0.1) is 0 Å². The van der Waals surface area contributed by atoms with E-state index in [-0.39, 0.29) is 6.04 Å². The van der Waals surface area contributed by atoms with E-state index in [0.717, 1.165) is 31.5 Å². The van der Waals surface area contributed by atoms with Crippen molar-refractivity contribution < 1.29 is 9.18 Å². The second-order valence-electron chi connectivity index (χ2n) is 5.27. The molecule has 0 aliphatic heterocycles. The van der Waals surface area contributed by atoms with Crippen LogP contribution in [0.25, 0.3) is 0 Å². The molecule has 1 aliphatic rings. The van der Waals surface area contributed by atoms with Gasteiger partial charge in [0.25, 0.3) is 0 Å². The number of allylic oxidation sites excluding steroid dienone is 1. The normalized spacial score (nSPS) is 16.9. The van der Waals surface area contributed by atoms with E-state index < -0.39 is 11.6 Å². The number of halogens is 1. The number of carbonyl (C=O) groups is 1. The smallest absolute Gasteiger partial charge is 0.240 e. The van der Waals surface area contributed by atoms with Crippen molar-refractivity contribution in [2.75, 3.05) is 14.1 Å². The highest BCUT2D eigenvalue weighted by atomic mass is 19.1. The molecule has 1 heterocycles. The average molecular weight is 265 g/mol. The maximum Gasteiger partial charge on any atom is 0.240 e. The van der Waals surface area contributed by atoms with Crippen LogP contribution in [0, 0.1) is 6.92 Å². The molecule has 19 heavy (non-hydrogen) atoms. The second kappa shape index (κ2) is 5.55. The molecule has 1 aromatic heterocycles. The van der Waals surface area contributed by atoms with Crippen LogP contribution in [0.15, 0.2) is 18.2 Å². The van der Waals surface area contributed by atoms with Crippen LogP contribution >= 0.6 is 0 Å². The maximum atomic E-state index is 13.8. The third-order valence-corrected chi connectivity index (χ3v) is 3.49. The molecule has 0 atom stereocenters. The molecular weight excluding hydrogens is 245 g/mol. The van der Waals surface area contributed by atoms with Gasteiger partial charge in [0.2, 0.25) is 5.78 Å². The van der Waals surface area contributed by atoms with E-state index in [9.17, 15) is 9.18 Å². The summed E-state index contributed by atoms with van der Waals surface area (Å²) in [5.41, 5.74) is 0.361. The lowest BCUT2D eigenvalue weighted by atomic mass is 10.2. The van der Waals surface area contributed by atoms with Crippen molar-refractivity contribution >= 4 is 5.78 Å². The van der Waals surface area contributed by atoms with Gasteiger partial charge in [-0.3, -0.25) is 4.79 Å². The first-order chi connectivity index (χ1) is 9.00. The molecule has 4 nitrogen and oxygen atoms in total. The van der Waals surface area contributed by atoms with Crippen LogP contribution in [0.3, 0.4) is 0 Å². The molecule has 0 amide bonds. The molecule has 1 fully saturated rings. The van der Waals surface area contributed by atoms with Crippen LogP contribution in [0.2, 0.25) is 0 Å². The van der Waals surface area contributed by atoms with E-state index in [1.807, 2.05) is 11.5 Å². The Balaban J connectivity index is 2.32. The number of nitrogens with zero attached hydrogens (tertiary/aromatic N) is 3. The number of hydrogen-bond acceptors (Lipinski definition) is 3. The summed E-state index contributed by atoms with van der Waals surface area (Å²) in [6, 6.07) is 0.286. The van der Waals surface area contributed by atoms with E-state index in [4.69, 9.17) is 0 Å². The Morgan fingerprint density at radius 1 is 1.47 bits per heavy atom. The summed E-state index contributed by atoms with van der Waals surface area (Å²) in [6.07, 6.45) is 7.08. The number of rotatable bonds is 4. The minimum absolute atomic E-state index is 0.286. The topological polar surface area (TPSA) is 38.1 Å². The summed E-state index contributed by atoms with van der Waals surface area (Å²) in [4.78, 5) is 17.8. The first-order valence-electron chi connectivity index (χ1n) is 6.63. The van der Waals surface area contributed by atoms with Crippen molar-refractivity contribution in [1.82, 2.24) is 14.5 Å². The molecule has 0 spiro atoms. The van der Waals surface area contributed by atoms with Gasteiger partial charge in [0.15, 0.2) is 5.83 Å². The van der Waals surface area contributed by atoms with E-state index in [2.05, 4.69) is 4.98 Å². The molecule has 0 unspecified atom stereocenters. The van der Waals surface area contributed by atoms with Gasteiger partial charge in [0.05, 0.1) is 6.20 Å². The lowest BCUT2D eigenvalue weighted by molar-refractivity contribution is 0.0990. The van der Waals surface area contributed by atoms with Crippen molar-refractivity contribution in [2.24, 2.45) is 0 Å². The molecule has 2 rings (SSSR count). The second-order valence-corrected chi connectivity index (χ2v) is 5.27. The zero-order chi connectivity index (χ0) is 14.0. The number of aromatic nitrogens is 2. The van der Waals surface area contributed by atoms with Crippen LogP contribution in [-0.2, 0) is 0 Å². The predicted octanol–water partition coefficient (Wildman–Crippen LogP) is 2.86. The molecule has 5 heteroatoms. The van der Waals surface area contributed by atoms with E-state index in [1.54, 1.807) is 14.1 Å². The predicted molar refractivity (Wildman–Crippen MR) is 71.7 cm³/mol. The molecule has 1 saturated carbocycles. The van der Waals surface area contributed by atoms with Crippen molar-refractivity contribution in [3.05, 3.63) is 29.7 Å². The van der Waals surface area contributed by atoms with Crippen LogP contribution in [0.1, 0.15) is 48.0 Å². The summed E-state index contributed by atoms with van der Waals surface area (Å²) >= 11 is 0. The third kappa shape index (κ3) is 2.85. The molecule has 0 saturated heterocycles. The van der Waals surface area contributed by atoms with Gasteiger partial charge in [0, 0.05) is 26.3 Å². The number of hydrogen-bond donors (Lipinski definition) is 0. The van der Waals surface area contributed by atoms with Gasteiger partial charge in [-0.2, -0.15) is 0 Å². The molecule has 1 aliphatic carbocycles. The van der Waals surface area contributed by atoms with Gasteiger partial charge in [-0.25, -0.2) is 9.37 Å². The minimum atomic E-state index is -0.746. The Morgan fingerprint density at radius 2 is 2.11 bits per heavy atom. The molecular formula is C14H20FN3O. The van der Waals surface area contributed by atoms with E-state index in [1.165, 1.54) is 17.3 Å². The summed E-state index contributed by atoms with van der Waals surface area (Å²) in [7, 11) is 3.37. The Morgan fingerprint density at radius 3 is 2.68 bits per heavy atom. The fraction of sp³-hybridized carbons (Fsp3) is 0.571. The molecule has 1 aromatic rings. The van der Waals surface area contributed by atoms with Gasteiger partial charge < -0.3 is 9.47 Å². The Bertz CT molecular complexity index is 499. The highest BCUT2D eigenvalue weighted by Crippen LogP contribution is 2.32. The van der Waals surface area contributed by atoms with E-state index in [0.29, 0.717) is 5.69 Å². The summed E-state index contributed by atoms with van der Waals surface area (Å²) in [5, 5.41) is 0. The fourth-order valence-corrected chi connectivity index (χ4v) is 2.65. The highest BCUT2D eigenvalue weighted by Gasteiger charge is 2.25. The monoisotopic (exact) mass is 265 g/mol. The molecule has 0 radical (unpaired) electrons. The Kier molecular flexibility index (Phi) is 4.02. The van der Waals surface area contributed by atoms with Crippen molar-refractivity contribution in [1.29, 1.82) is 0 Å². The fourth-order valence-electron chi connectivity index (χ4n) is 2.65. The van der Waals surface area contributed by atoms with Crippen molar-refractivity contribution in [3.8, 4) is 0 Å². The first-order valence-corrected chi connectivity index (χ1v) is 6.63. The average Bonchev–Trinajstić information content (AvgIpc) is 2.95. The van der Waals surface area contributed by atoms with Crippen LogP contribution in [0.5, 0.6) is 0 Å². The standard InChI is InChI=1S/C14H20FN3O/c1-10-16-8-13(14(19)12(15)9-17(2)3)18(10)11-6-4-5-7-11/h8-9,11H,4-7H2,1-3H3/b12-9-. The number of Topliss-reactive ketones (excluding diaryl/α,β-unsaturated/α-hetero) is 1. The molecule has 104 valence electrons. The third-order valence-electron chi connectivity index (χ3n) is 3.49. The van der Waals surface area contributed by atoms with Crippen LogP contribution in [-0.4, -0.2) is 34.3 Å². The molecule has 0 N–H and O–H groups in total. The van der Waals surface area contributed by atoms with Crippen LogP contribution < -0.4 is 0 Å². The minimum Gasteiger partial charge on any atom is -0.381 e. The summed E-state index contributed by atoms with van der Waals surface area (Å²) in [5.74, 6) is -0.543. The largest absolute Gasteiger partial charge is 0.381 e. The zero-order valence-corrected chi connectivity index (χ0v) is 11.7. The summed E-state index contributed by atoms with van der Waals surface area (Å²) in [6.45, 7) is 1.86. The SMILES string of the molecule is Cc1ncc(C(=O)/C(F)=C/N(C)C)n1C1CCCC1. The number of imidazole rings is 1. The van der Waals surface area contributed by atoms with Crippen molar-refractivity contribution in [3.63, 3.8) is 0 Å². The molecule has 0 bridgehead atoms. The maximum absolute atomic E-state index is 13.8. The lowest BCUT2D eigenvalue weighted by Crippen LogP contribution is -2.16. The Labute approximate surface area is 112 Å². The first kappa shape index (κ1) is 13.8. The number of aryl methyl sites for hydroxylation is 1. The van der Waals surface area contributed by atoms with Gasteiger partial charge >= 0.3 is 0 Å². The lowest BCUT2D eigenvalue weighted by Gasteiger charge is -2.16. The number of ketones is 1. The zero-order valence-electron chi connectivity index (χ0n) is 11.7. The highest BCUT2D eigenvalue weighted by molar-refractivity contribution is 6.05. The Hall–Kier alpha value is -1.65. The quantitative estimate of drug-likeness (QED) is 0.620. The molecule has 0 aromatic carbocycles. The summed E-state index contributed by atoms with van der Waals surface area (Å²) < 4.78 is 15.7. The van der Waals surface area contributed by atoms with Gasteiger partial charge in [-0.1, -0.05) is 12.8 Å².